The van der Waals surface area contributed by atoms with Gasteiger partial charge in [-0.3, -0.25) is 0 Å². The van der Waals surface area contributed by atoms with E-state index in [1.165, 1.54) is 0 Å². The number of carboxylic acids is 1. The molecule has 0 aliphatic carbocycles. The van der Waals surface area contributed by atoms with E-state index >= 15 is 0 Å². The highest BCUT2D eigenvalue weighted by Gasteiger charge is 2.08. The third-order valence-corrected chi connectivity index (χ3v) is 2.17. The number of rotatable bonds is 2. The summed E-state index contributed by atoms with van der Waals surface area (Å²) in [6.45, 7) is 1.69. The first kappa shape index (κ1) is 9.81. The van der Waals surface area contributed by atoms with Crippen molar-refractivity contribution < 1.29 is 9.90 Å². The van der Waals surface area contributed by atoms with Crippen molar-refractivity contribution in [1.29, 1.82) is 0 Å². The smallest absolute Gasteiger partial charge is 0.347 e. The van der Waals surface area contributed by atoms with Gasteiger partial charge in [0, 0.05) is 0 Å². The second-order valence-corrected chi connectivity index (χ2v) is 2.99. The maximum Gasteiger partial charge on any atom is 0.347 e. The topological polar surface area (TPSA) is 37.3 Å². The van der Waals surface area contributed by atoms with Crippen molar-refractivity contribution in [3.63, 3.8) is 0 Å². The monoisotopic (exact) mass is 196 g/mol. The molecule has 13 heavy (non-hydrogen) atoms. The van der Waals surface area contributed by atoms with Gasteiger partial charge in [-0.05, 0) is 18.1 Å². The highest BCUT2D eigenvalue weighted by Crippen LogP contribution is 2.20. The average Bonchev–Trinajstić information content (AvgIpc) is 2.17. The fourth-order valence-corrected chi connectivity index (χ4v) is 1.08. The number of allylic oxidation sites excluding steroid dienone is 1. The van der Waals surface area contributed by atoms with E-state index in [9.17, 15) is 4.79 Å². The average molecular weight is 197 g/mol. The summed E-state index contributed by atoms with van der Waals surface area (Å²) in [6.07, 6.45) is 0. The van der Waals surface area contributed by atoms with Crippen LogP contribution in [0.25, 0.3) is 5.57 Å². The number of hydrogen-bond donors (Lipinski definition) is 1. The molecule has 1 N–H and O–H groups in total. The molecule has 1 rings (SSSR count). The molecule has 0 saturated carbocycles. The first-order valence-corrected chi connectivity index (χ1v) is 4.16. The number of aliphatic carboxylic acids is 1. The lowest BCUT2D eigenvalue weighted by molar-refractivity contribution is -0.131. The van der Waals surface area contributed by atoms with Crippen molar-refractivity contribution in [3.8, 4) is 0 Å². The summed E-state index contributed by atoms with van der Waals surface area (Å²) in [7, 11) is 0. The fraction of sp³-hybridized carbons (Fsp3) is 0.100. The normalized spacial score (nSPS) is 12.2. The van der Waals surface area contributed by atoms with E-state index in [4.69, 9.17) is 16.7 Å². The predicted octanol–water partition coefficient (Wildman–Crippen LogP) is 2.74. The quantitative estimate of drug-likeness (QED) is 0.739. The van der Waals surface area contributed by atoms with Crippen LogP contribution < -0.4 is 0 Å². The summed E-state index contributed by atoms with van der Waals surface area (Å²) in [5.74, 6) is -1.09. The van der Waals surface area contributed by atoms with Gasteiger partial charge in [-0.1, -0.05) is 41.9 Å². The lowest BCUT2D eigenvalue weighted by Crippen LogP contribution is -1.96. The van der Waals surface area contributed by atoms with Crippen molar-refractivity contribution in [3.05, 3.63) is 40.9 Å². The Hall–Kier alpha value is -1.28. The summed E-state index contributed by atoms with van der Waals surface area (Å²) < 4.78 is 0. The molecule has 0 aliphatic rings. The van der Waals surface area contributed by atoms with E-state index in [1.807, 2.05) is 30.3 Å². The molecule has 0 saturated heterocycles. The van der Waals surface area contributed by atoms with Crippen molar-refractivity contribution >= 4 is 23.1 Å². The molecule has 0 aliphatic heterocycles. The van der Waals surface area contributed by atoms with Crippen LogP contribution in [-0.2, 0) is 4.79 Å². The lowest BCUT2D eigenvalue weighted by Gasteiger charge is -2.01. The molecule has 0 bridgehead atoms. The zero-order valence-electron chi connectivity index (χ0n) is 7.12. The van der Waals surface area contributed by atoms with Crippen molar-refractivity contribution in [2.24, 2.45) is 0 Å². The highest BCUT2D eigenvalue weighted by molar-refractivity contribution is 6.44. The minimum atomic E-state index is -1.09. The predicted molar refractivity (Wildman–Crippen MR) is 52.5 cm³/mol. The van der Waals surface area contributed by atoms with Gasteiger partial charge in [0.2, 0.25) is 0 Å². The zero-order chi connectivity index (χ0) is 9.84. The number of carbonyl (C=O) groups is 1. The molecule has 0 amide bonds. The molecule has 0 spiro atoms. The molecule has 3 heteroatoms. The Morgan fingerprint density at radius 2 is 1.85 bits per heavy atom. The summed E-state index contributed by atoms with van der Waals surface area (Å²) in [4.78, 5) is 10.5. The second kappa shape index (κ2) is 4.10. The number of halogens is 1. The fourth-order valence-electron chi connectivity index (χ4n) is 0.975. The molecule has 0 heterocycles. The minimum absolute atomic E-state index is 0.133. The van der Waals surface area contributed by atoms with Crippen LogP contribution in [0.15, 0.2) is 35.4 Å². The van der Waals surface area contributed by atoms with Crippen LogP contribution in [0.4, 0.5) is 0 Å². The van der Waals surface area contributed by atoms with Crippen LogP contribution in [0.2, 0.25) is 0 Å². The summed E-state index contributed by atoms with van der Waals surface area (Å²) in [5.41, 5.74) is 1.41. The molecule has 0 unspecified atom stereocenters. The third kappa shape index (κ3) is 2.33. The van der Waals surface area contributed by atoms with Crippen LogP contribution in [0.3, 0.4) is 0 Å². The zero-order valence-corrected chi connectivity index (χ0v) is 7.88. The Bertz CT molecular complexity index is 341. The standard InChI is InChI=1S/C10H9ClO2/c1-7(9(11)10(12)13)8-5-3-2-4-6-8/h2-6H,1H3,(H,12,13). The maximum atomic E-state index is 10.5. The lowest BCUT2D eigenvalue weighted by atomic mass is 10.1. The van der Waals surface area contributed by atoms with Gasteiger partial charge < -0.3 is 5.11 Å². The molecule has 0 radical (unpaired) electrons. The molecule has 68 valence electrons. The van der Waals surface area contributed by atoms with Gasteiger partial charge in [0.15, 0.2) is 0 Å². The summed E-state index contributed by atoms with van der Waals surface area (Å²) in [5, 5.41) is 8.49. The van der Waals surface area contributed by atoms with Gasteiger partial charge in [0.25, 0.3) is 0 Å². The highest BCUT2D eigenvalue weighted by atomic mass is 35.5. The molecular weight excluding hydrogens is 188 g/mol. The van der Waals surface area contributed by atoms with Crippen molar-refractivity contribution in [2.45, 2.75) is 6.92 Å². The SMILES string of the molecule is CC(=C(Cl)C(=O)O)c1ccccc1. The molecular formula is C10H9ClO2. The Morgan fingerprint density at radius 1 is 1.31 bits per heavy atom. The van der Waals surface area contributed by atoms with Crippen molar-refractivity contribution in [2.75, 3.05) is 0 Å². The minimum Gasteiger partial charge on any atom is -0.477 e. The van der Waals surface area contributed by atoms with E-state index in [2.05, 4.69) is 0 Å². The number of hydrogen-bond acceptors (Lipinski definition) is 1. The third-order valence-electron chi connectivity index (χ3n) is 1.72. The Labute approximate surface area is 81.5 Å². The van der Waals surface area contributed by atoms with Crippen LogP contribution in [0, 0.1) is 0 Å². The van der Waals surface area contributed by atoms with Crippen LogP contribution in [0.5, 0.6) is 0 Å². The van der Waals surface area contributed by atoms with Gasteiger partial charge in [-0.15, -0.1) is 0 Å². The summed E-state index contributed by atoms with van der Waals surface area (Å²) >= 11 is 5.58. The van der Waals surface area contributed by atoms with E-state index in [0.717, 1.165) is 5.56 Å². The Balaban J connectivity index is 3.11. The largest absolute Gasteiger partial charge is 0.477 e. The molecule has 2 nitrogen and oxygen atoms in total. The maximum absolute atomic E-state index is 10.5. The van der Waals surface area contributed by atoms with Crippen LogP contribution in [-0.4, -0.2) is 11.1 Å². The first-order valence-electron chi connectivity index (χ1n) is 3.78. The first-order chi connectivity index (χ1) is 6.13. The Kier molecular flexibility index (Phi) is 3.09. The van der Waals surface area contributed by atoms with E-state index < -0.39 is 5.97 Å². The molecule has 0 aromatic heterocycles. The van der Waals surface area contributed by atoms with Gasteiger partial charge in [-0.2, -0.15) is 0 Å². The van der Waals surface area contributed by atoms with E-state index in [-0.39, 0.29) is 5.03 Å². The van der Waals surface area contributed by atoms with E-state index in [1.54, 1.807) is 6.92 Å². The number of benzene rings is 1. The Morgan fingerprint density at radius 3 is 2.31 bits per heavy atom. The molecule has 1 aromatic carbocycles. The molecule has 1 aromatic rings. The van der Waals surface area contributed by atoms with Gasteiger partial charge in [-0.25, -0.2) is 4.79 Å². The number of carboxylic acid groups (broad SMARTS) is 1. The van der Waals surface area contributed by atoms with Gasteiger partial charge in [0.1, 0.15) is 5.03 Å². The second-order valence-electron chi connectivity index (χ2n) is 2.61. The van der Waals surface area contributed by atoms with Crippen LogP contribution >= 0.6 is 11.6 Å². The van der Waals surface area contributed by atoms with Gasteiger partial charge in [0.05, 0.1) is 0 Å². The van der Waals surface area contributed by atoms with Crippen LogP contribution in [0.1, 0.15) is 12.5 Å². The summed E-state index contributed by atoms with van der Waals surface area (Å²) in [6, 6.07) is 9.18. The van der Waals surface area contributed by atoms with Gasteiger partial charge >= 0.3 is 5.97 Å². The van der Waals surface area contributed by atoms with Crippen molar-refractivity contribution in [1.82, 2.24) is 0 Å². The van der Waals surface area contributed by atoms with E-state index in [0.29, 0.717) is 5.57 Å². The molecule has 0 atom stereocenters. The molecule has 0 fully saturated rings.